The normalized spacial score (nSPS) is 16.7. The SMILES string of the molecule is CC[C@@H](NC(=O)N1CC(=O)NC[C@@H](Cc2cc(Cl)ccc2OC)C1=O)c1cccc(C(=O)OC)c1. The average Bonchev–Trinajstić information content (AvgIpc) is 3.00. The molecular formula is C25H28ClN3O6. The van der Waals surface area contributed by atoms with Gasteiger partial charge >= 0.3 is 12.0 Å². The Bertz CT molecular complexity index is 1120. The number of benzene rings is 2. The summed E-state index contributed by atoms with van der Waals surface area (Å²) in [5.41, 5.74) is 1.72. The molecule has 9 nitrogen and oxygen atoms in total. The van der Waals surface area contributed by atoms with E-state index in [4.69, 9.17) is 21.1 Å². The highest BCUT2D eigenvalue weighted by atomic mass is 35.5. The third-order valence-corrected chi connectivity index (χ3v) is 6.07. The maximum atomic E-state index is 13.3. The molecule has 35 heavy (non-hydrogen) atoms. The predicted molar refractivity (Wildman–Crippen MR) is 129 cm³/mol. The third kappa shape index (κ3) is 6.30. The highest BCUT2D eigenvalue weighted by Crippen LogP contribution is 2.26. The molecule has 2 aromatic rings. The van der Waals surface area contributed by atoms with Crippen LogP contribution in [-0.4, -0.2) is 56.0 Å². The van der Waals surface area contributed by atoms with Gasteiger partial charge in [0.05, 0.1) is 31.7 Å². The summed E-state index contributed by atoms with van der Waals surface area (Å²) >= 11 is 6.12. The summed E-state index contributed by atoms with van der Waals surface area (Å²) in [5, 5.41) is 6.01. The lowest BCUT2D eigenvalue weighted by Gasteiger charge is -2.25. The molecule has 0 aromatic heterocycles. The molecule has 10 heteroatoms. The lowest BCUT2D eigenvalue weighted by Crippen LogP contribution is -2.48. The minimum absolute atomic E-state index is 0.0789. The Labute approximate surface area is 208 Å². The summed E-state index contributed by atoms with van der Waals surface area (Å²) in [6.45, 7) is 1.54. The van der Waals surface area contributed by atoms with E-state index < -0.39 is 42.3 Å². The van der Waals surface area contributed by atoms with Crippen LogP contribution in [0.1, 0.15) is 40.9 Å². The van der Waals surface area contributed by atoms with Gasteiger partial charge in [0, 0.05) is 11.6 Å². The van der Waals surface area contributed by atoms with Gasteiger partial charge < -0.3 is 20.1 Å². The second-order valence-electron chi connectivity index (χ2n) is 8.11. The number of urea groups is 1. The summed E-state index contributed by atoms with van der Waals surface area (Å²) in [5.74, 6) is -1.55. The summed E-state index contributed by atoms with van der Waals surface area (Å²) < 4.78 is 10.1. The van der Waals surface area contributed by atoms with Crippen LogP contribution in [0.2, 0.25) is 5.02 Å². The van der Waals surface area contributed by atoms with E-state index in [9.17, 15) is 19.2 Å². The minimum atomic E-state index is -0.692. The molecule has 1 saturated heterocycles. The van der Waals surface area contributed by atoms with E-state index in [1.807, 2.05) is 6.92 Å². The highest BCUT2D eigenvalue weighted by molar-refractivity contribution is 6.30. The molecule has 186 valence electrons. The molecule has 0 aliphatic carbocycles. The molecule has 1 aliphatic rings. The number of halogens is 1. The number of esters is 1. The van der Waals surface area contributed by atoms with E-state index in [2.05, 4.69) is 10.6 Å². The molecule has 0 radical (unpaired) electrons. The maximum absolute atomic E-state index is 13.3. The number of imide groups is 1. The van der Waals surface area contributed by atoms with Crippen LogP contribution >= 0.6 is 11.6 Å². The number of nitrogens with zero attached hydrogens (tertiary/aromatic N) is 1. The van der Waals surface area contributed by atoms with Gasteiger partial charge in [-0.15, -0.1) is 0 Å². The zero-order valence-corrected chi connectivity index (χ0v) is 20.6. The van der Waals surface area contributed by atoms with E-state index in [1.165, 1.54) is 14.2 Å². The topological polar surface area (TPSA) is 114 Å². The van der Waals surface area contributed by atoms with Gasteiger partial charge in [0.2, 0.25) is 11.8 Å². The first kappa shape index (κ1) is 26.0. The van der Waals surface area contributed by atoms with E-state index in [1.54, 1.807) is 42.5 Å². The number of carbonyl (C=O) groups excluding carboxylic acids is 4. The quantitative estimate of drug-likeness (QED) is 0.563. The van der Waals surface area contributed by atoms with Crippen LogP contribution in [0.4, 0.5) is 4.79 Å². The molecular weight excluding hydrogens is 474 g/mol. The van der Waals surface area contributed by atoms with Crippen molar-refractivity contribution in [2.45, 2.75) is 25.8 Å². The monoisotopic (exact) mass is 501 g/mol. The molecule has 1 aliphatic heterocycles. The number of hydrogen-bond donors (Lipinski definition) is 2. The first-order chi connectivity index (χ1) is 16.8. The van der Waals surface area contributed by atoms with Gasteiger partial charge in [0.1, 0.15) is 12.3 Å². The van der Waals surface area contributed by atoms with Crippen LogP contribution in [0.3, 0.4) is 0 Å². The van der Waals surface area contributed by atoms with Crippen molar-refractivity contribution in [1.82, 2.24) is 15.5 Å². The Morgan fingerprint density at radius 1 is 1.20 bits per heavy atom. The second kappa shape index (κ2) is 11.7. The van der Waals surface area contributed by atoms with Crippen LogP contribution in [0.5, 0.6) is 5.75 Å². The highest BCUT2D eigenvalue weighted by Gasteiger charge is 2.35. The number of methoxy groups -OCH3 is 2. The van der Waals surface area contributed by atoms with E-state index in [-0.39, 0.29) is 13.0 Å². The average molecular weight is 502 g/mol. The number of hydrogen-bond acceptors (Lipinski definition) is 6. The van der Waals surface area contributed by atoms with Crippen molar-refractivity contribution < 1.29 is 28.7 Å². The number of carbonyl (C=O) groups is 4. The smallest absolute Gasteiger partial charge is 0.337 e. The van der Waals surface area contributed by atoms with Gasteiger partial charge in [-0.3, -0.25) is 14.5 Å². The summed E-state index contributed by atoms with van der Waals surface area (Å²) in [6.07, 6.45) is 0.721. The summed E-state index contributed by atoms with van der Waals surface area (Å²) in [7, 11) is 2.81. The lowest BCUT2D eigenvalue weighted by molar-refractivity contribution is -0.133. The van der Waals surface area contributed by atoms with Gasteiger partial charge in [-0.1, -0.05) is 30.7 Å². The van der Waals surface area contributed by atoms with Crippen molar-refractivity contribution in [3.63, 3.8) is 0 Å². The number of rotatable bonds is 7. The molecule has 4 amide bonds. The Balaban J connectivity index is 1.81. The van der Waals surface area contributed by atoms with Crippen LogP contribution in [-0.2, 0) is 20.7 Å². The Kier molecular flexibility index (Phi) is 8.70. The predicted octanol–water partition coefficient (Wildman–Crippen LogP) is 3.11. The van der Waals surface area contributed by atoms with Crippen LogP contribution < -0.4 is 15.4 Å². The van der Waals surface area contributed by atoms with Crippen molar-refractivity contribution in [3.8, 4) is 5.75 Å². The fourth-order valence-electron chi connectivity index (χ4n) is 3.97. The van der Waals surface area contributed by atoms with E-state index in [0.717, 1.165) is 4.90 Å². The molecule has 3 rings (SSSR count). The largest absolute Gasteiger partial charge is 0.496 e. The third-order valence-electron chi connectivity index (χ3n) is 5.83. The van der Waals surface area contributed by atoms with Crippen molar-refractivity contribution >= 4 is 35.4 Å². The number of amides is 4. The maximum Gasteiger partial charge on any atom is 0.337 e. The van der Waals surface area contributed by atoms with E-state index in [0.29, 0.717) is 33.9 Å². The minimum Gasteiger partial charge on any atom is -0.496 e. The van der Waals surface area contributed by atoms with Crippen molar-refractivity contribution in [1.29, 1.82) is 0 Å². The molecule has 0 bridgehead atoms. The fourth-order valence-corrected chi connectivity index (χ4v) is 4.17. The molecule has 0 unspecified atom stereocenters. The van der Waals surface area contributed by atoms with E-state index >= 15 is 0 Å². The first-order valence-corrected chi connectivity index (χ1v) is 11.5. The molecule has 0 saturated carbocycles. The number of nitrogens with one attached hydrogen (secondary N) is 2. The van der Waals surface area contributed by atoms with Gasteiger partial charge in [-0.05, 0) is 54.3 Å². The Morgan fingerprint density at radius 2 is 1.97 bits per heavy atom. The van der Waals surface area contributed by atoms with Crippen molar-refractivity contribution in [3.05, 3.63) is 64.2 Å². The summed E-state index contributed by atoms with van der Waals surface area (Å²) in [4.78, 5) is 51.7. The standard InChI is InChI=1S/C25H28ClN3O6/c1-4-20(15-6-5-7-16(10-15)24(32)35-3)28-25(33)29-14-22(30)27-13-18(23(29)31)11-17-12-19(26)8-9-21(17)34-2/h5-10,12,18,20H,4,11,13-14H2,1-3H3,(H,27,30)(H,28,33)/t18-,20-/m1/s1. The van der Waals surface area contributed by atoms with Crippen LogP contribution in [0, 0.1) is 5.92 Å². The molecule has 2 atom stereocenters. The van der Waals surface area contributed by atoms with Gasteiger partial charge in [0.25, 0.3) is 0 Å². The molecule has 0 spiro atoms. The van der Waals surface area contributed by atoms with Crippen molar-refractivity contribution in [2.75, 3.05) is 27.3 Å². The molecule has 2 aromatic carbocycles. The zero-order valence-electron chi connectivity index (χ0n) is 19.8. The van der Waals surface area contributed by atoms with Crippen LogP contribution in [0.25, 0.3) is 0 Å². The lowest BCUT2D eigenvalue weighted by atomic mass is 9.97. The van der Waals surface area contributed by atoms with Crippen LogP contribution in [0.15, 0.2) is 42.5 Å². The molecule has 2 N–H and O–H groups in total. The zero-order chi connectivity index (χ0) is 25.5. The Morgan fingerprint density at radius 3 is 2.66 bits per heavy atom. The Hall–Kier alpha value is -3.59. The second-order valence-corrected chi connectivity index (χ2v) is 8.55. The number of ether oxygens (including phenoxy) is 2. The van der Waals surface area contributed by atoms with Gasteiger partial charge in [-0.2, -0.15) is 0 Å². The molecule has 1 heterocycles. The first-order valence-electron chi connectivity index (χ1n) is 11.2. The van der Waals surface area contributed by atoms with Crippen molar-refractivity contribution in [2.24, 2.45) is 5.92 Å². The molecule has 1 fully saturated rings. The van der Waals surface area contributed by atoms with Gasteiger partial charge in [-0.25, -0.2) is 9.59 Å². The van der Waals surface area contributed by atoms with Gasteiger partial charge in [0.15, 0.2) is 0 Å². The summed E-state index contributed by atoms with van der Waals surface area (Å²) in [6, 6.07) is 10.6. The fraction of sp³-hybridized carbons (Fsp3) is 0.360.